The number of H-pyrrole nitrogens is 1. The molecule has 2 N–H and O–H groups in total. The van der Waals surface area contributed by atoms with Crippen LogP contribution in [-0.2, 0) is 4.79 Å². The maximum absolute atomic E-state index is 10.8. The second kappa shape index (κ2) is 2.81. The van der Waals surface area contributed by atoms with Gasteiger partial charge in [0.1, 0.15) is 5.69 Å². The molecule has 0 bridgehead atoms. The van der Waals surface area contributed by atoms with Gasteiger partial charge in [-0.1, -0.05) is 0 Å². The molecule has 0 fully saturated rings. The Morgan fingerprint density at radius 1 is 1.27 bits per heavy atom. The summed E-state index contributed by atoms with van der Waals surface area (Å²) in [5, 5.41) is 2.41. The van der Waals surface area contributed by atoms with Crippen molar-refractivity contribution < 1.29 is 9.59 Å². The summed E-state index contributed by atoms with van der Waals surface area (Å²) < 4.78 is 0. The number of hydrogen-bond donors (Lipinski definition) is 2. The number of fused-ring (bicyclic) bond motifs is 1. The fourth-order valence-corrected chi connectivity index (χ4v) is 0.954. The summed E-state index contributed by atoms with van der Waals surface area (Å²) in [6.45, 7) is 0. The number of rotatable bonds is 0. The first kappa shape index (κ1) is 8.52. The zero-order valence-electron chi connectivity index (χ0n) is 5.97. The Balaban J connectivity index is 0.000000605. The van der Waals surface area contributed by atoms with Crippen molar-refractivity contribution in [1.29, 1.82) is 0 Å². The monoisotopic (exact) mass is 159 g/mol. The Morgan fingerprint density at radius 2 is 2.00 bits per heavy atom. The molecule has 1 aromatic heterocycles. The smallest absolute Gasteiger partial charge is 0.298 e. The summed E-state index contributed by atoms with van der Waals surface area (Å²) in [5.74, 6) is -1.04. The molecule has 51 valence electrons. The summed E-state index contributed by atoms with van der Waals surface area (Å²) in [7, 11) is 0. The molecule has 11 heavy (non-hydrogen) atoms. The standard InChI is InChI=1S/C6H4N2O2.Na/c9-5-4-3(1-2-7-4)8-6(5)10;/h1-2,7H,(H,8,9,10);. The SMILES string of the molecule is O=C1Nc2cc[nH]c2C1=O.[Na]. The van der Waals surface area contributed by atoms with E-state index in [0.29, 0.717) is 11.4 Å². The van der Waals surface area contributed by atoms with Gasteiger partial charge in [0.25, 0.3) is 11.7 Å². The van der Waals surface area contributed by atoms with E-state index in [0.717, 1.165) is 0 Å². The Morgan fingerprint density at radius 3 is 2.64 bits per heavy atom. The van der Waals surface area contributed by atoms with Gasteiger partial charge >= 0.3 is 0 Å². The van der Waals surface area contributed by atoms with Gasteiger partial charge in [0.2, 0.25) is 0 Å². The van der Waals surface area contributed by atoms with Crippen molar-refractivity contribution in [3.05, 3.63) is 18.0 Å². The third-order valence-electron chi connectivity index (χ3n) is 1.43. The number of aromatic amines is 1. The Hall–Kier alpha value is -0.580. The van der Waals surface area contributed by atoms with Gasteiger partial charge in [0.15, 0.2) is 0 Å². The van der Waals surface area contributed by atoms with Crippen LogP contribution in [0.4, 0.5) is 5.69 Å². The van der Waals surface area contributed by atoms with E-state index < -0.39 is 11.7 Å². The van der Waals surface area contributed by atoms with Crippen LogP contribution in [0.3, 0.4) is 0 Å². The fourth-order valence-electron chi connectivity index (χ4n) is 0.954. The van der Waals surface area contributed by atoms with E-state index in [1.165, 1.54) is 0 Å². The maximum Gasteiger partial charge on any atom is 0.298 e. The topological polar surface area (TPSA) is 62.0 Å². The number of hydrogen-bond acceptors (Lipinski definition) is 2. The summed E-state index contributed by atoms with van der Waals surface area (Å²) in [5.41, 5.74) is 0.944. The minimum Gasteiger partial charge on any atom is -0.357 e. The molecule has 4 nitrogen and oxygen atoms in total. The molecule has 0 unspecified atom stereocenters. The molecule has 0 aliphatic carbocycles. The molecule has 0 saturated carbocycles. The number of ketones is 1. The van der Waals surface area contributed by atoms with Gasteiger partial charge < -0.3 is 10.3 Å². The average molecular weight is 159 g/mol. The van der Waals surface area contributed by atoms with Gasteiger partial charge in [-0.2, -0.15) is 0 Å². The minimum absolute atomic E-state index is 0. The third-order valence-corrected chi connectivity index (χ3v) is 1.43. The number of amides is 1. The predicted molar refractivity (Wildman–Crippen MR) is 39.5 cm³/mol. The van der Waals surface area contributed by atoms with Crippen molar-refractivity contribution in [1.82, 2.24) is 4.98 Å². The second-order valence-corrected chi connectivity index (χ2v) is 2.05. The molecule has 2 heterocycles. The first-order valence-corrected chi connectivity index (χ1v) is 2.82. The maximum atomic E-state index is 10.8. The van der Waals surface area contributed by atoms with Gasteiger partial charge in [-0.25, -0.2) is 0 Å². The van der Waals surface area contributed by atoms with Crippen molar-refractivity contribution in [3.8, 4) is 0 Å². The Kier molecular flexibility index (Phi) is 2.17. The van der Waals surface area contributed by atoms with Crippen LogP contribution in [0.15, 0.2) is 12.3 Å². The molecule has 1 aromatic rings. The number of anilines is 1. The number of aromatic nitrogens is 1. The van der Waals surface area contributed by atoms with Crippen molar-refractivity contribution in [3.63, 3.8) is 0 Å². The van der Waals surface area contributed by atoms with Crippen LogP contribution in [-0.4, -0.2) is 46.2 Å². The van der Waals surface area contributed by atoms with Gasteiger partial charge in [-0.15, -0.1) is 0 Å². The van der Waals surface area contributed by atoms with Gasteiger partial charge in [-0.05, 0) is 6.07 Å². The van der Waals surface area contributed by atoms with E-state index >= 15 is 0 Å². The third kappa shape index (κ3) is 1.13. The van der Waals surface area contributed by atoms with E-state index in [9.17, 15) is 9.59 Å². The number of carbonyl (C=O) groups excluding carboxylic acids is 2. The van der Waals surface area contributed by atoms with Crippen LogP contribution < -0.4 is 5.32 Å². The summed E-state index contributed by atoms with van der Waals surface area (Å²) in [4.78, 5) is 24.1. The molecule has 0 saturated heterocycles. The van der Waals surface area contributed by atoms with Gasteiger partial charge in [0, 0.05) is 35.8 Å². The number of Topliss-reactive ketones (excluding diaryl/α,β-unsaturated/α-hetero) is 1. The van der Waals surface area contributed by atoms with Crippen molar-refractivity contribution in [2.75, 3.05) is 5.32 Å². The first-order valence-electron chi connectivity index (χ1n) is 2.82. The molecule has 0 atom stereocenters. The average Bonchev–Trinajstić information content (AvgIpc) is 2.41. The van der Waals surface area contributed by atoms with E-state index in [4.69, 9.17) is 0 Å². The van der Waals surface area contributed by atoms with Crippen LogP contribution in [0.2, 0.25) is 0 Å². The molecule has 5 heteroatoms. The zero-order valence-corrected chi connectivity index (χ0v) is 7.97. The fraction of sp³-hybridized carbons (Fsp3) is 0. The minimum atomic E-state index is -0.554. The summed E-state index contributed by atoms with van der Waals surface area (Å²) in [6, 6.07) is 1.65. The van der Waals surface area contributed by atoms with Gasteiger partial charge in [-0.3, -0.25) is 9.59 Å². The predicted octanol–water partition coefficient (Wildman–Crippen LogP) is -0.231. The van der Waals surface area contributed by atoms with Crippen LogP contribution in [0.1, 0.15) is 10.5 Å². The van der Waals surface area contributed by atoms with Gasteiger partial charge in [0.05, 0.1) is 5.69 Å². The molecule has 1 radical (unpaired) electrons. The Labute approximate surface area is 84.7 Å². The molecule has 1 aliphatic rings. The summed E-state index contributed by atoms with van der Waals surface area (Å²) >= 11 is 0. The van der Waals surface area contributed by atoms with E-state index in [-0.39, 0.29) is 29.6 Å². The van der Waals surface area contributed by atoms with Crippen LogP contribution >= 0.6 is 0 Å². The van der Waals surface area contributed by atoms with E-state index in [2.05, 4.69) is 10.3 Å². The molecule has 0 spiro atoms. The van der Waals surface area contributed by atoms with Crippen LogP contribution in [0, 0.1) is 0 Å². The largest absolute Gasteiger partial charge is 0.357 e. The van der Waals surface area contributed by atoms with Crippen molar-refractivity contribution in [2.24, 2.45) is 0 Å². The van der Waals surface area contributed by atoms with Crippen molar-refractivity contribution >= 4 is 46.9 Å². The quantitative estimate of drug-likeness (QED) is 0.405. The van der Waals surface area contributed by atoms with E-state index in [1.807, 2.05) is 0 Å². The zero-order chi connectivity index (χ0) is 7.14. The molecule has 1 aliphatic heterocycles. The molecular weight excluding hydrogens is 155 g/mol. The number of nitrogens with one attached hydrogen (secondary N) is 2. The second-order valence-electron chi connectivity index (χ2n) is 2.05. The van der Waals surface area contributed by atoms with E-state index in [1.54, 1.807) is 12.3 Å². The summed E-state index contributed by atoms with van der Waals surface area (Å²) in [6.07, 6.45) is 1.61. The van der Waals surface area contributed by atoms with Crippen LogP contribution in [0.5, 0.6) is 0 Å². The molecule has 0 aromatic carbocycles. The number of carbonyl (C=O) groups is 2. The normalized spacial score (nSPS) is 13.8. The first-order chi connectivity index (χ1) is 4.79. The molecular formula is C6H4N2NaO2. The molecule has 2 rings (SSSR count). The van der Waals surface area contributed by atoms with Crippen molar-refractivity contribution in [2.45, 2.75) is 0 Å². The Bertz CT molecular complexity index is 318. The molecule has 1 amide bonds. The van der Waals surface area contributed by atoms with Crippen LogP contribution in [0.25, 0.3) is 0 Å².